The molecular weight excluding hydrogens is 380 g/mol. The summed E-state index contributed by atoms with van der Waals surface area (Å²) in [5.41, 5.74) is 0.862. The number of hydrogen-bond acceptors (Lipinski definition) is 4. The maximum absolute atomic E-state index is 12.1. The van der Waals surface area contributed by atoms with Crippen LogP contribution in [0.1, 0.15) is 23.4 Å². The van der Waals surface area contributed by atoms with E-state index in [2.05, 4.69) is 26.6 Å². The predicted octanol–water partition coefficient (Wildman–Crippen LogP) is 4.09. The van der Waals surface area contributed by atoms with Gasteiger partial charge in [0.1, 0.15) is 11.5 Å². The Morgan fingerprint density at radius 2 is 2.09 bits per heavy atom. The van der Waals surface area contributed by atoms with E-state index in [0.29, 0.717) is 12.3 Å². The van der Waals surface area contributed by atoms with Crippen molar-refractivity contribution in [3.05, 3.63) is 44.6 Å². The van der Waals surface area contributed by atoms with Crippen LogP contribution < -0.4 is 20.1 Å². The second-order valence-corrected chi connectivity index (χ2v) is 6.80. The summed E-state index contributed by atoms with van der Waals surface area (Å²) in [6, 6.07) is 7.05. The van der Waals surface area contributed by atoms with Gasteiger partial charge in [-0.3, -0.25) is 0 Å². The van der Waals surface area contributed by atoms with Crippen molar-refractivity contribution in [2.45, 2.75) is 19.5 Å². The van der Waals surface area contributed by atoms with Crippen molar-refractivity contribution in [3.63, 3.8) is 0 Å². The molecule has 2 rings (SSSR count). The van der Waals surface area contributed by atoms with Crippen LogP contribution in [-0.4, -0.2) is 20.3 Å². The van der Waals surface area contributed by atoms with Crippen molar-refractivity contribution in [2.75, 3.05) is 14.2 Å². The zero-order valence-corrected chi connectivity index (χ0v) is 15.6. The number of rotatable bonds is 6. The van der Waals surface area contributed by atoms with Crippen molar-refractivity contribution >= 4 is 33.3 Å². The van der Waals surface area contributed by atoms with E-state index >= 15 is 0 Å². The summed E-state index contributed by atoms with van der Waals surface area (Å²) in [5, 5.41) is 7.74. The second kappa shape index (κ2) is 8.21. The van der Waals surface area contributed by atoms with Crippen LogP contribution in [0.25, 0.3) is 0 Å². The minimum Gasteiger partial charge on any atom is -0.497 e. The van der Waals surface area contributed by atoms with Crippen LogP contribution in [0.2, 0.25) is 0 Å². The molecule has 2 N–H and O–H groups in total. The molecule has 0 saturated heterocycles. The van der Waals surface area contributed by atoms with E-state index in [-0.39, 0.29) is 12.1 Å². The molecule has 0 saturated carbocycles. The summed E-state index contributed by atoms with van der Waals surface area (Å²) < 4.78 is 11.6. The van der Waals surface area contributed by atoms with Crippen molar-refractivity contribution in [1.29, 1.82) is 0 Å². The molecule has 2 amide bonds. The first kappa shape index (κ1) is 17.6. The molecule has 0 fully saturated rings. The Balaban J connectivity index is 1.97. The van der Waals surface area contributed by atoms with Crippen LogP contribution in [0.4, 0.5) is 4.79 Å². The summed E-state index contributed by atoms with van der Waals surface area (Å²) in [6.07, 6.45) is 0. The highest BCUT2D eigenvalue weighted by Crippen LogP contribution is 2.29. The summed E-state index contributed by atoms with van der Waals surface area (Å²) in [7, 11) is 3.21. The van der Waals surface area contributed by atoms with Crippen LogP contribution >= 0.6 is 27.3 Å². The lowest BCUT2D eigenvalue weighted by Crippen LogP contribution is -2.36. The number of ether oxygens (including phenoxy) is 2. The molecule has 0 radical (unpaired) electrons. The smallest absolute Gasteiger partial charge is 0.315 e. The molecule has 1 aromatic heterocycles. The third-order valence-corrected chi connectivity index (χ3v) is 4.99. The summed E-state index contributed by atoms with van der Waals surface area (Å²) in [4.78, 5) is 13.1. The molecule has 1 atom stereocenters. The Bertz CT molecular complexity index is 675. The number of amides is 2. The quantitative estimate of drug-likeness (QED) is 0.770. The van der Waals surface area contributed by atoms with E-state index in [9.17, 15) is 4.79 Å². The SMILES string of the molecule is COc1ccc(OC)c(C(C)NC(=O)NCc2cc(Br)cs2)c1. The van der Waals surface area contributed by atoms with Crippen LogP contribution in [0.15, 0.2) is 34.1 Å². The molecule has 1 aromatic carbocycles. The van der Waals surface area contributed by atoms with Gasteiger partial charge in [0.2, 0.25) is 0 Å². The van der Waals surface area contributed by atoms with Crippen molar-refractivity contribution in [1.82, 2.24) is 10.6 Å². The van der Waals surface area contributed by atoms with E-state index in [1.807, 2.05) is 36.6 Å². The molecule has 0 aliphatic rings. The zero-order valence-electron chi connectivity index (χ0n) is 13.2. The highest BCUT2D eigenvalue weighted by atomic mass is 79.9. The molecule has 0 aliphatic heterocycles. The lowest BCUT2D eigenvalue weighted by atomic mass is 10.1. The van der Waals surface area contributed by atoms with E-state index < -0.39 is 0 Å². The Kier molecular flexibility index (Phi) is 6.29. The number of methoxy groups -OCH3 is 2. The van der Waals surface area contributed by atoms with Gasteiger partial charge >= 0.3 is 6.03 Å². The standard InChI is InChI=1S/C16H19BrN2O3S/c1-10(14-7-12(21-2)4-5-15(14)22-3)19-16(20)18-8-13-6-11(17)9-23-13/h4-7,9-10H,8H2,1-3H3,(H2,18,19,20). The Morgan fingerprint density at radius 3 is 2.70 bits per heavy atom. The number of halogens is 1. The highest BCUT2D eigenvalue weighted by Gasteiger charge is 2.15. The number of thiophene rings is 1. The van der Waals surface area contributed by atoms with Gasteiger partial charge in [-0.1, -0.05) is 0 Å². The van der Waals surface area contributed by atoms with Crippen LogP contribution in [0, 0.1) is 0 Å². The van der Waals surface area contributed by atoms with Gasteiger partial charge in [-0.2, -0.15) is 0 Å². The maximum atomic E-state index is 12.1. The van der Waals surface area contributed by atoms with Gasteiger partial charge < -0.3 is 20.1 Å². The first-order valence-corrected chi connectivity index (χ1v) is 8.70. The van der Waals surface area contributed by atoms with E-state index in [1.165, 1.54) is 0 Å². The minimum absolute atomic E-state index is 0.213. The molecule has 1 unspecified atom stereocenters. The average molecular weight is 399 g/mol. The fourth-order valence-electron chi connectivity index (χ4n) is 2.12. The Morgan fingerprint density at radius 1 is 1.30 bits per heavy atom. The van der Waals surface area contributed by atoms with Crippen LogP contribution in [0.5, 0.6) is 11.5 Å². The van der Waals surface area contributed by atoms with Gasteiger partial charge in [0.05, 0.1) is 26.8 Å². The van der Waals surface area contributed by atoms with E-state index in [1.54, 1.807) is 25.6 Å². The summed E-state index contributed by atoms with van der Waals surface area (Å²) in [6.45, 7) is 2.39. The molecular formula is C16H19BrN2O3S. The lowest BCUT2D eigenvalue weighted by Gasteiger charge is -2.18. The molecule has 5 nitrogen and oxygen atoms in total. The van der Waals surface area contributed by atoms with Crippen LogP contribution in [0.3, 0.4) is 0 Å². The number of urea groups is 1. The Labute approximate surface area is 148 Å². The largest absolute Gasteiger partial charge is 0.497 e. The fraction of sp³-hybridized carbons (Fsp3) is 0.312. The van der Waals surface area contributed by atoms with Crippen molar-refractivity contribution < 1.29 is 14.3 Å². The molecule has 23 heavy (non-hydrogen) atoms. The number of hydrogen-bond donors (Lipinski definition) is 2. The van der Waals surface area contributed by atoms with Gasteiger partial charge in [-0.25, -0.2) is 4.79 Å². The molecule has 0 aliphatic carbocycles. The average Bonchev–Trinajstić information content (AvgIpc) is 2.97. The number of carbonyl (C=O) groups is 1. The highest BCUT2D eigenvalue weighted by molar-refractivity contribution is 9.10. The number of benzene rings is 1. The molecule has 124 valence electrons. The van der Waals surface area contributed by atoms with Gasteiger partial charge in [-0.05, 0) is 47.1 Å². The van der Waals surface area contributed by atoms with Gasteiger partial charge in [0.15, 0.2) is 0 Å². The maximum Gasteiger partial charge on any atom is 0.315 e. The molecule has 1 heterocycles. The zero-order chi connectivity index (χ0) is 16.8. The first-order valence-electron chi connectivity index (χ1n) is 7.02. The molecule has 7 heteroatoms. The van der Waals surface area contributed by atoms with E-state index in [4.69, 9.17) is 9.47 Å². The monoisotopic (exact) mass is 398 g/mol. The van der Waals surface area contributed by atoms with Crippen molar-refractivity contribution in [3.8, 4) is 11.5 Å². The molecule has 2 aromatic rings. The third kappa shape index (κ3) is 4.87. The summed E-state index contributed by atoms with van der Waals surface area (Å²) >= 11 is 4.99. The molecule has 0 bridgehead atoms. The number of nitrogens with one attached hydrogen (secondary N) is 2. The molecule has 0 spiro atoms. The van der Waals surface area contributed by atoms with Crippen LogP contribution in [-0.2, 0) is 6.54 Å². The Hall–Kier alpha value is -1.73. The topological polar surface area (TPSA) is 59.6 Å². The first-order chi connectivity index (χ1) is 11.0. The van der Waals surface area contributed by atoms with Crippen molar-refractivity contribution in [2.24, 2.45) is 0 Å². The van der Waals surface area contributed by atoms with Gasteiger partial charge in [0.25, 0.3) is 0 Å². The van der Waals surface area contributed by atoms with E-state index in [0.717, 1.165) is 20.7 Å². The van der Waals surface area contributed by atoms with Gasteiger partial charge in [0, 0.05) is 20.3 Å². The number of carbonyl (C=O) groups excluding carboxylic acids is 1. The summed E-state index contributed by atoms with van der Waals surface area (Å²) in [5.74, 6) is 1.43. The lowest BCUT2D eigenvalue weighted by molar-refractivity contribution is 0.237. The van der Waals surface area contributed by atoms with Gasteiger partial charge in [-0.15, -0.1) is 11.3 Å². The predicted molar refractivity (Wildman–Crippen MR) is 95.4 cm³/mol. The normalized spacial score (nSPS) is 11.7. The minimum atomic E-state index is -0.230. The fourth-order valence-corrected chi connectivity index (χ4v) is 3.51. The second-order valence-electron chi connectivity index (χ2n) is 4.89. The third-order valence-electron chi connectivity index (χ3n) is 3.30.